The van der Waals surface area contributed by atoms with Crippen LogP contribution in [0.15, 0.2) is 54.1 Å². The highest BCUT2D eigenvalue weighted by Crippen LogP contribution is 2.41. The number of aryl methyl sites for hydroxylation is 1. The molecule has 2 aliphatic rings. The number of amides is 2. The third kappa shape index (κ3) is 5.91. The first kappa shape index (κ1) is 27.8. The number of halogens is 5. The Kier molecular flexibility index (Phi) is 8.22. The van der Waals surface area contributed by atoms with Gasteiger partial charge in [-0.15, -0.1) is 0 Å². The van der Waals surface area contributed by atoms with Gasteiger partial charge in [-0.2, -0.15) is 18.3 Å². The Hall–Kier alpha value is -3.25. The summed E-state index contributed by atoms with van der Waals surface area (Å²) in [5.41, 5.74) is -1.13. The Balaban J connectivity index is 1.60. The van der Waals surface area contributed by atoms with Gasteiger partial charge in [0.1, 0.15) is 5.69 Å². The third-order valence-corrected chi connectivity index (χ3v) is 7.05. The molecule has 2 unspecified atom stereocenters. The van der Waals surface area contributed by atoms with Crippen LogP contribution >= 0.6 is 0 Å². The van der Waals surface area contributed by atoms with Gasteiger partial charge in [0.05, 0.1) is 12.3 Å². The van der Waals surface area contributed by atoms with Gasteiger partial charge in [0.2, 0.25) is 0 Å². The van der Waals surface area contributed by atoms with Crippen LogP contribution < -0.4 is 10.6 Å². The van der Waals surface area contributed by atoms with E-state index in [0.29, 0.717) is 31.8 Å². The Morgan fingerprint density at radius 3 is 2.47 bits per heavy atom. The molecule has 2 amide bonds. The van der Waals surface area contributed by atoms with Crippen molar-refractivity contribution in [2.24, 2.45) is 24.8 Å². The van der Waals surface area contributed by atoms with Gasteiger partial charge in [-0.05, 0) is 24.0 Å². The molecule has 38 heavy (non-hydrogen) atoms. The van der Waals surface area contributed by atoms with E-state index in [4.69, 9.17) is 4.74 Å². The van der Waals surface area contributed by atoms with Crippen molar-refractivity contribution in [1.82, 2.24) is 20.0 Å². The molecule has 1 saturated heterocycles. The molecular weight excluding hydrogens is 509 g/mol. The number of urea groups is 1. The average Bonchev–Trinajstić information content (AvgIpc) is 3.40. The highest BCUT2D eigenvalue weighted by atomic mass is 19.4. The quantitative estimate of drug-likeness (QED) is 0.478. The molecule has 2 N–H and O–H groups in total. The summed E-state index contributed by atoms with van der Waals surface area (Å²) in [6.45, 7) is 3.58. The van der Waals surface area contributed by atoms with Crippen LogP contribution in [-0.2, 0) is 18.0 Å². The number of aromatic nitrogens is 2. The molecular formula is C26H30F5N5O2. The number of likely N-dealkylation sites (tertiary alicyclic amines) is 1. The van der Waals surface area contributed by atoms with E-state index in [1.165, 1.54) is 19.2 Å². The van der Waals surface area contributed by atoms with E-state index >= 15 is 0 Å². The minimum atomic E-state index is -4.81. The molecule has 1 aromatic carbocycles. The van der Waals surface area contributed by atoms with Gasteiger partial charge in [-0.3, -0.25) is 9.58 Å². The predicted octanol–water partition coefficient (Wildman–Crippen LogP) is 5.15. The van der Waals surface area contributed by atoms with E-state index in [0.717, 1.165) is 4.68 Å². The normalized spacial score (nSPS) is 24.2. The van der Waals surface area contributed by atoms with Gasteiger partial charge in [-0.1, -0.05) is 37.3 Å². The van der Waals surface area contributed by atoms with Crippen molar-refractivity contribution in [3.05, 3.63) is 59.8 Å². The van der Waals surface area contributed by atoms with Crippen LogP contribution in [-0.4, -0.2) is 60.1 Å². The summed E-state index contributed by atoms with van der Waals surface area (Å²) in [5.74, 6) is -2.95. The summed E-state index contributed by atoms with van der Waals surface area (Å²) in [7, 11) is 2.93. The highest BCUT2D eigenvalue weighted by Gasteiger charge is 2.43. The number of carbonyl (C=O) groups is 1. The van der Waals surface area contributed by atoms with E-state index in [1.807, 2.05) is 4.90 Å². The van der Waals surface area contributed by atoms with Gasteiger partial charge in [-0.25, -0.2) is 13.6 Å². The number of alkyl halides is 3. The molecule has 206 valence electrons. The van der Waals surface area contributed by atoms with Crippen molar-refractivity contribution in [3.8, 4) is 11.3 Å². The summed E-state index contributed by atoms with van der Waals surface area (Å²) in [6, 6.07) is 6.93. The lowest BCUT2D eigenvalue weighted by atomic mass is 9.77. The van der Waals surface area contributed by atoms with E-state index in [9.17, 15) is 26.7 Å². The van der Waals surface area contributed by atoms with Crippen molar-refractivity contribution >= 4 is 11.7 Å². The average molecular weight is 540 g/mol. The lowest BCUT2D eigenvalue weighted by molar-refractivity contribution is -0.140. The first-order chi connectivity index (χ1) is 18.0. The zero-order chi connectivity index (χ0) is 27.6. The minimum Gasteiger partial charge on any atom is -0.383 e. The van der Waals surface area contributed by atoms with Crippen LogP contribution in [0.3, 0.4) is 0 Å². The van der Waals surface area contributed by atoms with Gasteiger partial charge in [0.15, 0.2) is 17.3 Å². The maximum absolute atomic E-state index is 14.2. The van der Waals surface area contributed by atoms with Crippen LogP contribution in [0.2, 0.25) is 0 Å². The monoisotopic (exact) mass is 539 g/mol. The molecule has 1 fully saturated rings. The Labute approximate surface area is 217 Å². The molecule has 0 radical (unpaired) electrons. The number of hydrogen-bond donors (Lipinski definition) is 2. The molecule has 2 aromatic rings. The number of carbonyl (C=O) groups excluding carboxylic acids is 1. The molecule has 2 heterocycles. The number of ether oxygens (including phenoxy) is 1. The van der Waals surface area contributed by atoms with Gasteiger partial charge in [0.25, 0.3) is 0 Å². The number of methoxy groups -OCH3 is 1. The molecule has 0 spiro atoms. The van der Waals surface area contributed by atoms with Gasteiger partial charge < -0.3 is 15.4 Å². The number of nitrogens with one attached hydrogen (secondary N) is 2. The summed E-state index contributed by atoms with van der Waals surface area (Å²) in [5, 5.41) is 8.81. The van der Waals surface area contributed by atoms with Crippen molar-refractivity contribution in [3.63, 3.8) is 0 Å². The molecule has 7 nitrogen and oxygen atoms in total. The summed E-state index contributed by atoms with van der Waals surface area (Å²) in [6.07, 6.45) is -2.36. The SMILES string of the molecule is COCCN1C[C@@H](NC(=O)Nc2c(C(F)(F)F)nn(C)c2-c2ccccc2)[C@H](C2C=C(F)C(F)=CC2C)C1. The lowest BCUT2D eigenvalue weighted by Crippen LogP contribution is -2.45. The predicted molar refractivity (Wildman–Crippen MR) is 132 cm³/mol. The molecule has 0 bridgehead atoms. The summed E-state index contributed by atoms with van der Waals surface area (Å²) in [4.78, 5) is 15.2. The zero-order valence-corrected chi connectivity index (χ0v) is 21.2. The maximum atomic E-state index is 14.2. The summed E-state index contributed by atoms with van der Waals surface area (Å²) >= 11 is 0. The van der Waals surface area contributed by atoms with Crippen LogP contribution in [0.1, 0.15) is 12.6 Å². The molecule has 12 heteroatoms. The lowest BCUT2D eigenvalue weighted by Gasteiger charge is -2.31. The van der Waals surface area contributed by atoms with Crippen molar-refractivity contribution < 1.29 is 31.5 Å². The summed E-state index contributed by atoms with van der Waals surface area (Å²) < 4.78 is 75.8. The largest absolute Gasteiger partial charge is 0.437 e. The second-order valence-corrected chi connectivity index (χ2v) is 9.65. The standard InChI is InChI=1S/C26H30F5N5O2/c1-15-11-19(27)20(28)12-17(15)18-13-36(9-10-38-3)14-21(18)32-25(37)33-22-23(16-7-5-4-6-8-16)35(2)34-24(22)26(29,30)31/h4-8,11-12,15,17-18,21H,9-10,13-14H2,1-3H3,(H2,32,33,37)/t15?,17?,18-,21+/m0/s1. The van der Waals surface area contributed by atoms with E-state index < -0.39 is 47.2 Å². The van der Waals surface area contributed by atoms with Crippen LogP contribution in [0.4, 0.5) is 32.4 Å². The fourth-order valence-electron chi connectivity index (χ4n) is 5.28. The van der Waals surface area contributed by atoms with Crippen molar-refractivity contribution in [2.75, 3.05) is 38.7 Å². The zero-order valence-electron chi connectivity index (χ0n) is 21.2. The van der Waals surface area contributed by atoms with Crippen LogP contribution in [0.5, 0.6) is 0 Å². The van der Waals surface area contributed by atoms with Crippen molar-refractivity contribution in [1.29, 1.82) is 0 Å². The van der Waals surface area contributed by atoms with Crippen molar-refractivity contribution in [2.45, 2.75) is 19.1 Å². The minimum absolute atomic E-state index is 0.101. The Bertz CT molecular complexity index is 1210. The Morgan fingerprint density at radius 1 is 1.13 bits per heavy atom. The number of benzene rings is 1. The second-order valence-electron chi connectivity index (χ2n) is 9.65. The molecule has 0 saturated carbocycles. The fraction of sp³-hybridized carbons (Fsp3) is 0.462. The molecule has 1 aliphatic heterocycles. The molecule has 1 aromatic heterocycles. The third-order valence-electron chi connectivity index (χ3n) is 7.05. The highest BCUT2D eigenvalue weighted by molar-refractivity contribution is 5.95. The smallest absolute Gasteiger partial charge is 0.383 e. The second kappa shape index (κ2) is 11.2. The first-order valence-corrected chi connectivity index (χ1v) is 12.2. The first-order valence-electron chi connectivity index (χ1n) is 12.2. The van der Waals surface area contributed by atoms with E-state index in [2.05, 4.69) is 15.7 Å². The van der Waals surface area contributed by atoms with Crippen LogP contribution in [0, 0.1) is 17.8 Å². The molecule has 4 rings (SSSR count). The molecule has 1 aliphatic carbocycles. The number of anilines is 1. The van der Waals surface area contributed by atoms with Gasteiger partial charge >= 0.3 is 12.2 Å². The maximum Gasteiger partial charge on any atom is 0.437 e. The topological polar surface area (TPSA) is 71.4 Å². The van der Waals surface area contributed by atoms with E-state index in [-0.39, 0.29) is 17.5 Å². The van der Waals surface area contributed by atoms with Gasteiger partial charge in [0, 0.05) is 51.3 Å². The number of nitrogens with zero attached hydrogens (tertiary/aromatic N) is 3. The number of allylic oxidation sites excluding steroid dienone is 4. The Morgan fingerprint density at radius 2 is 1.82 bits per heavy atom. The fourth-order valence-corrected chi connectivity index (χ4v) is 5.28. The number of rotatable bonds is 7. The molecule has 4 atom stereocenters. The van der Waals surface area contributed by atoms with E-state index in [1.54, 1.807) is 44.4 Å². The number of hydrogen-bond acceptors (Lipinski definition) is 4. The van der Waals surface area contributed by atoms with Crippen LogP contribution in [0.25, 0.3) is 11.3 Å².